The summed E-state index contributed by atoms with van der Waals surface area (Å²) in [5, 5.41) is 0. The van der Waals surface area contributed by atoms with Gasteiger partial charge in [-0.2, -0.15) is 0 Å². The Morgan fingerprint density at radius 1 is 1.21 bits per heavy atom. The van der Waals surface area contributed by atoms with Crippen molar-refractivity contribution in [2.45, 2.75) is 6.92 Å². The standard InChI is InChI=1S/C15H14FNO2/c1-9-5-10(7-11(16)6-9)15(18)13-8-12(19-2)3-4-14(13)17/h3-8H,17H2,1-2H3. The van der Waals surface area contributed by atoms with Gasteiger partial charge in [-0.15, -0.1) is 0 Å². The number of aryl methyl sites for hydroxylation is 1. The second-order valence-electron chi connectivity index (χ2n) is 4.30. The molecule has 0 aliphatic heterocycles. The summed E-state index contributed by atoms with van der Waals surface area (Å²) in [7, 11) is 1.51. The molecular weight excluding hydrogens is 245 g/mol. The number of rotatable bonds is 3. The van der Waals surface area contributed by atoms with E-state index in [-0.39, 0.29) is 11.3 Å². The maximum Gasteiger partial charge on any atom is 0.195 e. The summed E-state index contributed by atoms with van der Waals surface area (Å²) in [5.41, 5.74) is 7.40. The number of methoxy groups -OCH3 is 1. The van der Waals surface area contributed by atoms with Gasteiger partial charge in [0.1, 0.15) is 11.6 Å². The third-order valence-electron chi connectivity index (χ3n) is 2.81. The number of anilines is 1. The molecule has 2 rings (SSSR count). The molecule has 19 heavy (non-hydrogen) atoms. The fourth-order valence-corrected chi connectivity index (χ4v) is 1.88. The van der Waals surface area contributed by atoms with Crippen molar-refractivity contribution < 1.29 is 13.9 Å². The zero-order valence-corrected chi connectivity index (χ0v) is 10.7. The van der Waals surface area contributed by atoms with Gasteiger partial charge in [0.2, 0.25) is 0 Å². The molecule has 2 N–H and O–H groups in total. The van der Waals surface area contributed by atoms with Gasteiger partial charge in [0, 0.05) is 16.8 Å². The van der Waals surface area contributed by atoms with Crippen LogP contribution in [0.3, 0.4) is 0 Å². The number of benzene rings is 2. The number of hydrogen-bond donors (Lipinski definition) is 1. The molecule has 0 aliphatic rings. The smallest absolute Gasteiger partial charge is 0.195 e. The molecule has 98 valence electrons. The van der Waals surface area contributed by atoms with E-state index in [1.807, 2.05) is 0 Å². The van der Waals surface area contributed by atoms with Crippen LogP contribution in [0.2, 0.25) is 0 Å². The fourth-order valence-electron chi connectivity index (χ4n) is 1.88. The molecule has 0 aromatic heterocycles. The molecule has 2 aromatic carbocycles. The number of ketones is 1. The lowest BCUT2D eigenvalue weighted by atomic mass is 10.00. The molecule has 0 radical (unpaired) electrons. The number of nitrogens with two attached hydrogens (primary N) is 1. The van der Waals surface area contributed by atoms with Crippen LogP contribution < -0.4 is 10.5 Å². The lowest BCUT2D eigenvalue weighted by Gasteiger charge is -2.08. The van der Waals surface area contributed by atoms with Crippen molar-refractivity contribution in [3.63, 3.8) is 0 Å². The minimum absolute atomic E-state index is 0.275. The SMILES string of the molecule is COc1ccc(N)c(C(=O)c2cc(C)cc(F)c2)c1. The van der Waals surface area contributed by atoms with Crippen molar-refractivity contribution in [3.8, 4) is 5.75 Å². The van der Waals surface area contributed by atoms with Gasteiger partial charge in [-0.25, -0.2) is 4.39 Å². The molecule has 2 aromatic rings. The van der Waals surface area contributed by atoms with Gasteiger partial charge in [0.15, 0.2) is 5.78 Å². The Kier molecular flexibility index (Phi) is 3.51. The Hall–Kier alpha value is -2.36. The molecule has 0 fully saturated rings. The summed E-state index contributed by atoms with van der Waals surface area (Å²) < 4.78 is 18.4. The second-order valence-corrected chi connectivity index (χ2v) is 4.30. The molecule has 0 heterocycles. The first-order chi connectivity index (χ1) is 9.01. The van der Waals surface area contributed by atoms with Gasteiger partial charge in [-0.05, 0) is 48.9 Å². The van der Waals surface area contributed by atoms with Crippen molar-refractivity contribution in [1.29, 1.82) is 0 Å². The van der Waals surface area contributed by atoms with E-state index in [4.69, 9.17) is 10.5 Å². The quantitative estimate of drug-likeness (QED) is 0.681. The molecule has 0 bridgehead atoms. The maximum absolute atomic E-state index is 13.3. The lowest BCUT2D eigenvalue weighted by molar-refractivity contribution is 0.103. The Balaban J connectivity index is 2.49. The van der Waals surface area contributed by atoms with Crippen LogP contribution in [0.4, 0.5) is 10.1 Å². The Morgan fingerprint density at radius 3 is 2.58 bits per heavy atom. The molecule has 0 aliphatic carbocycles. The molecule has 4 heteroatoms. The number of halogens is 1. The first-order valence-corrected chi connectivity index (χ1v) is 5.76. The largest absolute Gasteiger partial charge is 0.497 e. The van der Waals surface area contributed by atoms with E-state index in [1.165, 1.54) is 19.2 Å². The highest BCUT2D eigenvalue weighted by atomic mass is 19.1. The van der Waals surface area contributed by atoms with E-state index in [9.17, 15) is 9.18 Å². The van der Waals surface area contributed by atoms with Crippen LogP contribution in [0.15, 0.2) is 36.4 Å². The van der Waals surface area contributed by atoms with Crippen LogP contribution in [-0.4, -0.2) is 12.9 Å². The molecule has 0 unspecified atom stereocenters. The van der Waals surface area contributed by atoms with E-state index >= 15 is 0 Å². The molecule has 0 atom stereocenters. The summed E-state index contributed by atoms with van der Waals surface area (Å²) in [5.74, 6) is -0.227. The summed E-state index contributed by atoms with van der Waals surface area (Å²) in [4.78, 5) is 12.3. The molecule has 0 spiro atoms. The van der Waals surface area contributed by atoms with E-state index in [2.05, 4.69) is 0 Å². The Morgan fingerprint density at radius 2 is 1.95 bits per heavy atom. The zero-order valence-electron chi connectivity index (χ0n) is 10.7. The van der Waals surface area contributed by atoms with Crippen molar-refractivity contribution in [2.75, 3.05) is 12.8 Å². The van der Waals surface area contributed by atoms with Crippen molar-refractivity contribution >= 4 is 11.5 Å². The molecular formula is C15H14FNO2. The number of hydrogen-bond acceptors (Lipinski definition) is 3. The first-order valence-electron chi connectivity index (χ1n) is 5.76. The van der Waals surface area contributed by atoms with Crippen LogP contribution in [0.25, 0.3) is 0 Å². The van der Waals surface area contributed by atoms with Gasteiger partial charge in [-0.1, -0.05) is 0 Å². The van der Waals surface area contributed by atoms with E-state index in [0.717, 1.165) is 0 Å². The number of carbonyl (C=O) groups excluding carboxylic acids is 1. The lowest BCUT2D eigenvalue weighted by Crippen LogP contribution is -2.06. The first kappa shape index (κ1) is 13.1. The van der Waals surface area contributed by atoms with Crippen molar-refractivity contribution in [2.24, 2.45) is 0 Å². The van der Waals surface area contributed by atoms with Crippen molar-refractivity contribution in [1.82, 2.24) is 0 Å². The Labute approximate surface area is 110 Å². The van der Waals surface area contributed by atoms with Crippen LogP contribution in [-0.2, 0) is 0 Å². The fraction of sp³-hybridized carbons (Fsp3) is 0.133. The third-order valence-corrected chi connectivity index (χ3v) is 2.81. The van der Waals surface area contributed by atoms with Crippen LogP contribution in [0, 0.1) is 12.7 Å². The highest BCUT2D eigenvalue weighted by molar-refractivity contribution is 6.12. The summed E-state index contributed by atoms with van der Waals surface area (Å²) >= 11 is 0. The predicted octanol–water partition coefficient (Wildman–Crippen LogP) is 2.96. The highest BCUT2D eigenvalue weighted by Crippen LogP contribution is 2.23. The number of ether oxygens (including phenoxy) is 1. The van der Waals surface area contributed by atoms with Gasteiger partial charge in [0.05, 0.1) is 7.11 Å². The molecule has 0 amide bonds. The van der Waals surface area contributed by atoms with E-state index in [1.54, 1.807) is 31.2 Å². The van der Waals surface area contributed by atoms with Gasteiger partial charge >= 0.3 is 0 Å². The van der Waals surface area contributed by atoms with Crippen LogP contribution in [0.5, 0.6) is 5.75 Å². The van der Waals surface area contributed by atoms with E-state index in [0.29, 0.717) is 22.6 Å². The van der Waals surface area contributed by atoms with Crippen LogP contribution >= 0.6 is 0 Å². The number of nitrogen functional groups attached to an aromatic ring is 1. The number of carbonyl (C=O) groups is 1. The minimum Gasteiger partial charge on any atom is -0.497 e. The second kappa shape index (κ2) is 5.10. The summed E-state index contributed by atoms with van der Waals surface area (Å²) in [6.07, 6.45) is 0. The molecule has 0 saturated carbocycles. The Bertz CT molecular complexity index is 618. The maximum atomic E-state index is 13.3. The van der Waals surface area contributed by atoms with Gasteiger partial charge in [-0.3, -0.25) is 4.79 Å². The van der Waals surface area contributed by atoms with Gasteiger partial charge < -0.3 is 10.5 Å². The third kappa shape index (κ3) is 2.73. The highest BCUT2D eigenvalue weighted by Gasteiger charge is 2.14. The zero-order chi connectivity index (χ0) is 14.0. The van der Waals surface area contributed by atoms with Crippen LogP contribution in [0.1, 0.15) is 21.5 Å². The molecule has 3 nitrogen and oxygen atoms in total. The average Bonchev–Trinajstić information content (AvgIpc) is 2.37. The predicted molar refractivity (Wildman–Crippen MR) is 72.0 cm³/mol. The van der Waals surface area contributed by atoms with E-state index < -0.39 is 5.82 Å². The average molecular weight is 259 g/mol. The normalized spacial score (nSPS) is 10.3. The molecule has 0 saturated heterocycles. The summed E-state index contributed by atoms with van der Waals surface area (Å²) in [6.45, 7) is 1.73. The monoisotopic (exact) mass is 259 g/mol. The topological polar surface area (TPSA) is 52.3 Å². The van der Waals surface area contributed by atoms with Crippen molar-refractivity contribution in [3.05, 3.63) is 58.9 Å². The summed E-state index contributed by atoms with van der Waals surface area (Å²) in [6, 6.07) is 9.02. The minimum atomic E-state index is -0.440. The van der Waals surface area contributed by atoms with Gasteiger partial charge in [0.25, 0.3) is 0 Å².